The monoisotopic (exact) mass is 318 g/mol. The molecule has 0 aliphatic rings. The standard InChI is InChI=1S/C17H22N2O2S/c1-4-19(5-2)22(20,21)16-10-7-14(8-11-16)17-12-15(18)9-6-13(17)3/h6-12H,4-5,18H2,1-3H3. The summed E-state index contributed by atoms with van der Waals surface area (Å²) in [7, 11) is -3.41. The molecule has 0 aliphatic heterocycles. The van der Waals surface area contributed by atoms with Gasteiger partial charge in [0.2, 0.25) is 10.0 Å². The minimum Gasteiger partial charge on any atom is -0.399 e. The normalized spacial score (nSPS) is 11.8. The van der Waals surface area contributed by atoms with Crippen molar-refractivity contribution >= 4 is 15.7 Å². The number of nitrogen functional groups attached to an aromatic ring is 1. The zero-order valence-electron chi connectivity index (χ0n) is 13.2. The van der Waals surface area contributed by atoms with Gasteiger partial charge in [0.05, 0.1) is 4.90 Å². The third-order valence-corrected chi connectivity index (χ3v) is 5.83. The smallest absolute Gasteiger partial charge is 0.243 e. The maximum atomic E-state index is 12.5. The molecule has 0 saturated heterocycles. The summed E-state index contributed by atoms with van der Waals surface area (Å²) in [6.07, 6.45) is 0. The Bertz CT molecular complexity index is 749. The molecule has 22 heavy (non-hydrogen) atoms. The molecule has 0 aromatic heterocycles. The second-order valence-electron chi connectivity index (χ2n) is 5.19. The molecule has 2 aromatic rings. The number of rotatable bonds is 5. The molecule has 0 amide bonds. The van der Waals surface area contributed by atoms with Crippen LogP contribution in [0, 0.1) is 6.92 Å². The van der Waals surface area contributed by atoms with Gasteiger partial charge in [-0.05, 0) is 47.9 Å². The van der Waals surface area contributed by atoms with Gasteiger partial charge < -0.3 is 5.73 Å². The molecule has 0 aliphatic carbocycles. The van der Waals surface area contributed by atoms with Crippen LogP contribution in [0.25, 0.3) is 11.1 Å². The molecule has 0 saturated carbocycles. The van der Waals surface area contributed by atoms with Crippen LogP contribution in [0.15, 0.2) is 47.4 Å². The molecule has 0 radical (unpaired) electrons. The van der Waals surface area contributed by atoms with E-state index in [0.717, 1.165) is 16.7 Å². The molecule has 0 spiro atoms. The Balaban J connectivity index is 2.41. The zero-order valence-corrected chi connectivity index (χ0v) is 14.0. The van der Waals surface area contributed by atoms with Crippen LogP contribution < -0.4 is 5.73 Å². The molecule has 2 N–H and O–H groups in total. The number of benzene rings is 2. The van der Waals surface area contributed by atoms with Crippen molar-refractivity contribution in [3.63, 3.8) is 0 Å². The summed E-state index contributed by atoms with van der Waals surface area (Å²) >= 11 is 0. The lowest BCUT2D eigenvalue weighted by Gasteiger charge is -2.18. The molecule has 2 rings (SSSR count). The minimum absolute atomic E-state index is 0.321. The molecule has 0 atom stereocenters. The van der Waals surface area contributed by atoms with E-state index >= 15 is 0 Å². The molecule has 2 aromatic carbocycles. The summed E-state index contributed by atoms with van der Waals surface area (Å²) in [4.78, 5) is 0.321. The second-order valence-corrected chi connectivity index (χ2v) is 7.13. The van der Waals surface area contributed by atoms with E-state index in [4.69, 9.17) is 5.73 Å². The molecular formula is C17H22N2O2S. The maximum Gasteiger partial charge on any atom is 0.243 e. The molecular weight excluding hydrogens is 296 g/mol. The van der Waals surface area contributed by atoms with Crippen molar-refractivity contribution in [3.05, 3.63) is 48.0 Å². The van der Waals surface area contributed by atoms with Crippen molar-refractivity contribution in [2.24, 2.45) is 0 Å². The number of hydrogen-bond donors (Lipinski definition) is 1. The van der Waals surface area contributed by atoms with Gasteiger partial charge in [-0.3, -0.25) is 0 Å². The topological polar surface area (TPSA) is 63.4 Å². The lowest BCUT2D eigenvalue weighted by atomic mass is 10.0. The Labute approximate surface area is 132 Å². The Hall–Kier alpha value is -1.85. The highest BCUT2D eigenvalue weighted by Gasteiger charge is 2.21. The van der Waals surface area contributed by atoms with E-state index in [9.17, 15) is 8.42 Å². The van der Waals surface area contributed by atoms with E-state index in [1.165, 1.54) is 4.31 Å². The summed E-state index contributed by atoms with van der Waals surface area (Å²) in [6, 6.07) is 12.7. The van der Waals surface area contributed by atoms with Crippen LogP contribution in [0.5, 0.6) is 0 Å². The van der Waals surface area contributed by atoms with Crippen molar-refractivity contribution in [2.75, 3.05) is 18.8 Å². The van der Waals surface area contributed by atoms with E-state index < -0.39 is 10.0 Å². The zero-order chi connectivity index (χ0) is 16.3. The van der Waals surface area contributed by atoms with Crippen molar-refractivity contribution in [1.82, 2.24) is 4.31 Å². The quantitative estimate of drug-likeness (QED) is 0.861. The summed E-state index contributed by atoms with van der Waals surface area (Å²) in [5, 5.41) is 0. The van der Waals surface area contributed by atoms with Gasteiger partial charge in [0.25, 0.3) is 0 Å². The predicted octanol–water partition coefficient (Wildman–Crippen LogP) is 3.27. The number of anilines is 1. The highest BCUT2D eigenvalue weighted by molar-refractivity contribution is 7.89. The summed E-state index contributed by atoms with van der Waals surface area (Å²) < 4.78 is 26.4. The average molecular weight is 318 g/mol. The number of nitrogens with two attached hydrogens (primary N) is 1. The van der Waals surface area contributed by atoms with Gasteiger partial charge in [0, 0.05) is 18.8 Å². The van der Waals surface area contributed by atoms with Crippen molar-refractivity contribution in [2.45, 2.75) is 25.7 Å². The summed E-state index contributed by atoms with van der Waals surface area (Å²) in [6.45, 7) is 6.62. The van der Waals surface area contributed by atoms with Crippen molar-refractivity contribution < 1.29 is 8.42 Å². The molecule has 0 heterocycles. The number of aryl methyl sites for hydroxylation is 1. The summed E-state index contributed by atoms with van der Waals surface area (Å²) in [5.74, 6) is 0. The van der Waals surface area contributed by atoms with E-state index in [2.05, 4.69) is 0 Å². The fraction of sp³-hybridized carbons (Fsp3) is 0.294. The van der Waals surface area contributed by atoms with Gasteiger partial charge in [0.15, 0.2) is 0 Å². The molecule has 5 heteroatoms. The van der Waals surface area contributed by atoms with Crippen LogP contribution in [0.1, 0.15) is 19.4 Å². The maximum absolute atomic E-state index is 12.5. The number of hydrogen-bond acceptors (Lipinski definition) is 3. The second kappa shape index (κ2) is 6.50. The fourth-order valence-electron chi connectivity index (χ4n) is 2.47. The van der Waals surface area contributed by atoms with Gasteiger partial charge in [0.1, 0.15) is 0 Å². The molecule has 118 valence electrons. The van der Waals surface area contributed by atoms with E-state index in [0.29, 0.717) is 23.7 Å². The molecule has 0 unspecified atom stereocenters. The third-order valence-electron chi connectivity index (χ3n) is 3.77. The first-order valence-electron chi connectivity index (χ1n) is 7.36. The number of sulfonamides is 1. The first kappa shape index (κ1) is 16.5. The van der Waals surface area contributed by atoms with Crippen LogP contribution in [-0.2, 0) is 10.0 Å². The van der Waals surface area contributed by atoms with Gasteiger partial charge in [-0.2, -0.15) is 4.31 Å². The van der Waals surface area contributed by atoms with Gasteiger partial charge >= 0.3 is 0 Å². The lowest BCUT2D eigenvalue weighted by molar-refractivity contribution is 0.445. The van der Waals surface area contributed by atoms with E-state index in [1.54, 1.807) is 12.1 Å². The lowest BCUT2D eigenvalue weighted by Crippen LogP contribution is -2.30. The van der Waals surface area contributed by atoms with Crippen LogP contribution in [0.2, 0.25) is 0 Å². The number of nitrogens with zero attached hydrogens (tertiary/aromatic N) is 1. The molecule has 4 nitrogen and oxygen atoms in total. The van der Waals surface area contributed by atoms with Crippen molar-refractivity contribution in [1.29, 1.82) is 0 Å². The van der Waals surface area contributed by atoms with Crippen LogP contribution in [-0.4, -0.2) is 25.8 Å². The highest BCUT2D eigenvalue weighted by atomic mass is 32.2. The Kier molecular flexibility index (Phi) is 4.88. The predicted molar refractivity (Wildman–Crippen MR) is 91.1 cm³/mol. The first-order valence-corrected chi connectivity index (χ1v) is 8.80. The largest absolute Gasteiger partial charge is 0.399 e. The molecule has 0 fully saturated rings. The Morgan fingerprint density at radius 2 is 1.59 bits per heavy atom. The van der Waals surface area contributed by atoms with Crippen LogP contribution >= 0.6 is 0 Å². The minimum atomic E-state index is -3.41. The van der Waals surface area contributed by atoms with Gasteiger partial charge in [-0.15, -0.1) is 0 Å². The summed E-state index contributed by atoms with van der Waals surface area (Å²) in [5.41, 5.74) is 9.62. The van der Waals surface area contributed by atoms with Crippen molar-refractivity contribution in [3.8, 4) is 11.1 Å². The average Bonchev–Trinajstić information content (AvgIpc) is 2.51. The first-order chi connectivity index (χ1) is 10.4. The third kappa shape index (κ3) is 3.15. The van der Waals surface area contributed by atoms with E-state index in [-0.39, 0.29) is 0 Å². The Morgan fingerprint density at radius 1 is 1.00 bits per heavy atom. The fourth-order valence-corrected chi connectivity index (χ4v) is 3.93. The van der Waals surface area contributed by atoms with Gasteiger partial charge in [-0.25, -0.2) is 8.42 Å². The van der Waals surface area contributed by atoms with Crippen LogP contribution in [0.4, 0.5) is 5.69 Å². The Morgan fingerprint density at radius 3 is 2.14 bits per heavy atom. The van der Waals surface area contributed by atoms with Crippen LogP contribution in [0.3, 0.4) is 0 Å². The van der Waals surface area contributed by atoms with E-state index in [1.807, 2.05) is 51.1 Å². The highest BCUT2D eigenvalue weighted by Crippen LogP contribution is 2.27. The van der Waals surface area contributed by atoms with Gasteiger partial charge in [-0.1, -0.05) is 32.0 Å². The molecule has 0 bridgehead atoms. The SMILES string of the molecule is CCN(CC)S(=O)(=O)c1ccc(-c2cc(N)ccc2C)cc1.